The normalized spacial score (nSPS) is 11.9. The van der Waals surface area contributed by atoms with Crippen LogP contribution in [0.2, 0.25) is 5.02 Å². The van der Waals surface area contributed by atoms with E-state index in [9.17, 15) is 23.3 Å². The van der Waals surface area contributed by atoms with Gasteiger partial charge in [0.2, 0.25) is 10.0 Å². The fourth-order valence-electron chi connectivity index (χ4n) is 2.18. The van der Waals surface area contributed by atoms with Crippen LogP contribution in [-0.2, 0) is 10.0 Å². The van der Waals surface area contributed by atoms with Gasteiger partial charge in [0.25, 0.3) is 11.6 Å². The Kier molecular flexibility index (Phi) is 5.88. The number of nitrogens with one attached hydrogen (secondary N) is 2. The number of hydrogen-bond donors (Lipinski definition) is 2. The molecule has 2 aromatic rings. The zero-order chi connectivity index (χ0) is 20.4. The molecule has 2 rings (SSSR count). The van der Waals surface area contributed by atoms with Crippen molar-refractivity contribution in [2.45, 2.75) is 31.2 Å². The van der Waals surface area contributed by atoms with Crippen LogP contribution in [0.25, 0.3) is 0 Å². The third-order valence-electron chi connectivity index (χ3n) is 3.26. The van der Waals surface area contributed by atoms with Crippen LogP contribution in [-0.4, -0.2) is 24.8 Å². The Labute approximate surface area is 161 Å². The number of carbonyl (C=O) groups excluding carboxylic acids is 1. The van der Waals surface area contributed by atoms with Crippen molar-refractivity contribution >= 4 is 38.9 Å². The molecule has 0 spiro atoms. The molecule has 0 aliphatic rings. The summed E-state index contributed by atoms with van der Waals surface area (Å²) in [6, 6.07) is 9.15. The number of anilines is 1. The number of benzene rings is 2. The summed E-state index contributed by atoms with van der Waals surface area (Å²) >= 11 is 6.01. The highest BCUT2D eigenvalue weighted by molar-refractivity contribution is 7.89. The van der Waals surface area contributed by atoms with Crippen LogP contribution >= 0.6 is 11.6 Å². The topological polar surface area (TPSA) is 118 Å². The fraction of sp³-hybridized carbons (Fsp3) is 0.235. The van der Waals surface area contributed by atoms with Crippen LogP contribution in [0.1, 0.15) is 31.1 Å². The summed E-state index contributed by atoms with van der Waals surface area (Å²) in [6.45, 7) is 5.05. The predicted octanol–water partition coefficient (Wildman–Crippen LogP) is 3.58. The largest absolute Gasteiger partial charge is 0.322 e. The van der Waals surface area contributed by atoms with Gasteiger partial charge in [0, 0.05) is 28.9 Å². The highest BCUT2D eigenvalue weighted by Gasteiger charge is 2.25. The molecule has 1 amide bonds. The maximum absolute atomic E-state index is 12.5. The first kappa shape index (κ1) is 20.8. The van der Waals surface area contributed by atoms with Crippen molar-refractivity contribution in [3.8, 4) is 0 Å². The standard InChI is InChI=1S/C17H18ClN3O5S/c1-17(2,3)20-27(25,26)15-10-11(4-9-14(15)18)16(22)19-12-5-7-13(8-6-12)21(23)24/h4-10,20H,1-3H3,(H,19,22). The summed E-state index contributed by atoms with van der Waals surface area (Å²) in [7, 11) is -3.93. The lowest BCUT2D eigenvalue weighted by Crippen LogP contribution is -2.40. The lowest BCUT2D eigenvalue weighted by molar-refractivity contribution is -0.384. The molecule has 0 aromatic heterocycles. The lowest BCUT2D eigenvalue weighted by Gasteiger charge is -2.21. The lowest BCUT2D eigenvalue weighted by atomic mass is 10.1. The molecule has 2 N–H and O–H groups in total. The van der Waals surface area contributed by atoms with Gasteiger partial charge in [0.15, 0.2) is 0 Å². The van der Waals surface area contributed by atoms with Gasteiger partial charge in [-0.15, -0.1) is 0 Å². The van der Waals surface area contributed by atoms with Crippen molar-refractivity contribution in [3.05, 3.63) is 63.2 Å². The molecular formula is C17H18ClN3O5S. The summed E-state index contributed by atoms with van der Waals surface area (Å²) in [5.41, 5.74) is -0.426. The van der Waals surface area contributed by atoms with Crippen molar-refractivity contribution in [2.75, 3.05) is 5.32 Å². The van der Waals surface area contributed by atoms with Crippen LogP contribution in [0, 0.1) is 10.1 Å². The maximum Gasteiger partial charge on any atom is 0.269 e. The van der Waals surface area contributed by atoms with Crippen molar-refractivity contribution in [1.82, 2.24) is 4.72 Å². The Morgan fingerprint density at radius 1 is 1.11 bits per heavy atom. The highest BCUT2D eigenvalue weighted by atomic mass is 35.5. The summed E-state index contributed by atoms with van der Waals surface area (Å²) in [5.74, 6) is -0.576. The molecule has 27 heavy (non-hydrogen) atoms. The minimum Gasteiger partial charge on any atom is -0.322 e. The third-order valence-corrected chi connectivity index (χ3v) is 5.50. The Balaban J connectivity index is 2.29. The number of non-ortho nitro benzene ring substituents is 1. The summed E-state index contributed by atoms with van der Waals surface area (Å²) in [6.07, 6.45) is 0. The summed E-state index contributed by atoms with van der Waals surface area (Å²) < 4.78 is 27.5. The van der Waals surface area contributed by atoms with Crippen LogP contribution in [0.5, 0.6) is 0 Å². The van der Waals surface area contributed by atoms with E-state index < -0.39 is 26.4 Å². The van der Waals surface area contributed by atoms with E-state index in [1.807, 2.05) is 0 Å². The van der Waals surface area contributed by atoms with E-state index in [0.717, 1.165) is 0 Å². The zero-order valence-electron chi connectivity index (χ0n) is 14.8. The highest BCUT2D eigenvalue weighted by Crippen LogP contribution is 2.25. The van der Waals surface area contributed by atoms with Crippen molar-refractivity contribution < 1.29 is 18.1 Å². The molecule has 0 fully saturated rings. The van der Waals surface area contributed by atoms with E-state index >= 15 is 0 Å². The average molecular weight is 412 g/mol. The number of nitro groups is 1. The molecule has 0 saturated carbocycles. The quantitative estimate of drug-likeness (QED) is 0.575. The summed E-state index contributed by atoms with van der Waals surface area (Å²) in [4.78, 5) is 22.3. The van der Waals surface area contributed by atoms with Crippen LogP contribution in [0.4, 0.5) is 11.4 Å². The maximum atomic E-state index is 12.5. The molecule has 0 aliphatic heterocycles. The number of amides is 1. The molecule has 0 unspecified atom stereocenters. The van der Waals surface area contributed by atoms with E-state index in [-0.39, 0.29) is 21.2 Å². The van der Waals surface area contributed by atoms with E-state index in [2.05, 4.69) is 10.0 Å². The monoisotopic (exact) mass is 411 g/mol. The molecule has 0 saturated heterocycles. The molecule has 0 heterocycles. The van der Waals surface area contributed by atoms with Gasteiger partial charge in [-0.1, -0.05) is 11.6 Å². The third kappa shape index (κ3) is 5.49. The molecule has 0 atom stereocenters. The zero-order valence-corrected chi connectivity index (χ0v) is 16.4. The smallest absolute Gasteiger partial charge is 0.269 e. The molecule has 2 aromatic carbocycles. The molecule has 0 radical (unpaired) electrons. The first-order valence-corrected chi connectivity index (χ1v) is 9.64. The number of rotatable bonds is 5. The Morgan fingerprint density at radius 3 is 2.22 bits per heavy atom. The van der Waals surface area contributed by atoms with Gasteiger partial charge in [-0.3, -0.25) is 14.9 Å². The Morgan fingerprint density at radius 2 is 1.70 bits per heavy atom. The molecular weight excluding hydrogens is 394 g/mol. The van der Waals surface area contributed by atoms with Gasteiger partial charge >= 0.3 is 0 Å². The second kappa shape index (κ2) is 7.63. The molecule has 144 valence electrons. The molecule has 0 bridgehead atoms. The number of nitro benzene ring substituents is 1. The number of nitrogens with zero attached hydrogens (tertiary/aromatic N) is 1. The first-order valence-electron chi connectivity index (χ1n) is 7.78. The minimum atomic E-state index is -3.93. The number of carbonyl (C=O) groups is 1. The van der Waals surface area contributed by atoms with E-state index in [4.69, 9.17) is 11.6 Å². The van der Waals surface area contributed by atoms with Crippen LogP contribution in [0.15, 0.2) is 47.4 Å². The second-order valence-electron chi connectivity index (χ2n) is 6.76. The van der Waals surface area contributed by atoms with Crippen LogP contribution in [0.3, 0.4) is 0 Å². The minimum absolute atomic E-state index is 0.0152. The summed E-state index contributed by atoms with van der Waals surface area (Å²) in [5, 5.41) is 13.2. The SMILES string of the molecule is CC(C)(C)NS(=O)(=O)c1cc(C(=O)Nc2ccc([N+](=O)[O-])cc2)ccc1Cl. The first-order chi connectivity index (χ1) is 12.4. The Bertz CT molecular complexity index is 983. The van der Waals surface area contributed by atoms with Gasteiger partial charge in [-0.25, -0.2) is 13.1 Å². The van der Waals surface area contributed by atoms with Gasteiger partial charge in [0.1, 0.15) is 4.90 Å². The average Bonchev–Trinajstić information content (AvgIpc) is 2.53. The second-order valence-corrected chi connectivity index (χ2v) is 8.82. The number of sulfonamides is 1. The van der Waals surface area contributed by atoms with E-state index in [1.165, 1.54) is 42.5 Å². The van der Waals surface area contributed by atoms with Crippen molar-refractivity contribution in [2.24, 2.45) is 0 Å². The molecule has 10 heteroatoms. The van der Waals surface area contributed by atoms with Gasteiger partial charge in [0.05, 0.1) is 9.95 Å². The van der Waals surface area contributed by atoms with Gasteiger partial charge < -0.3 is 5.32 Å². The van der Waals surface area contributed by atoms with Crippen molar-refractivity contribution in [1.29, 1.82) is 0 Å². The van der Waals surface area contributed by atoms with Gasteiger partial charge in [-0.2, -0.15) is 0 Å². The van der Waals surface area contributed by atoms with Crippen LogP contribution < -0.4 is 10.0 Å². The van der Waals surface area contributed by atoms with Crippen molar-refractivity contribution in [3.63, 3.8) is 0 Å². The predicted molar refractivity (Wildman–Crippen MR) is 103 cm³/mol. The van der Waals surface area contributed by atoms with E-state index in [0.29, 0.717) is 5.69 Å². The van der Waals surface area contributed by atoms with Gasteiger partial charge in [-0.05, 0) is 51.1 Å². The number of hydrogen-bond acceptors (Lipinski definition) is 5. The fourth-order valence-corrected chi connectivity index (χ4v) is 4.12. The van der Waals surface area contributed by atoms with E-state index in [1.54, 1.807) is 20.8 Å². The Hall–Kier alpha value is -2.49. The molecule has 0 aliphatic carbocycles. The molecule has 8 nitrogen and oxygen atoms in total. The number of halogens is 1.